The molecule has 1 aliphatic heterocycles. The monoisotopic (exact) mass is 680 g/mol. The summed E-state index contributed by atoms with van der Waals surface area (Å²) in [5.74, 6) is 0.437. The number of methoxy groups -OCH3 is 2. The highest BCUT2D eigenvalue weighted by Gasteiger charge is 2.32. The summed E-state index contributed by atoms with van der Waals surface area (Å²) in [4.78, 5) is 37.4. The van der Waals surface area contributed by atoms with Crippen LogP contribution in [0, 0.1) is 0 Å². The molecule has 0 aromatic heterocycles. The summed E-state index contributed by atoms with van der Waals surface area (Å²) in [7, 11) is 2.98. The highest BCUT2D eigenvalue weighted by atomic mass is 79.9. The highest BCUT2D eigenvalue weighted by molar-refractivity contribution is 9.10. The van der Waals surface area contributed by atoms with Crippen LogP contribution in [0.5, 0.6) is 23.0 Å². The van der Waals surface area contributed by atoms with Crippen molar-refractivity contribution >= 4 is 40.1 Å². The molecule has 13 heteroatoms. The molecule has 0 saturated carbocycles. The Labute approximate surface area is 268 Å². The molecule has 1 aliphatic rings. The van der Waals surface area contributed by atoms with Crippen LogP contribution >= 0.6 is 15.9 Å². The number of urea groups is 1. The topological polar surface area (TPSA) is 146 Å². The lowest BCUT2D eigenvalue weighted by atomic mass is 9.95. The summed E-state index contributed by atoms with van der Waals surface area (Å²) in [6.07, 6.45) is 1.45. The third-order valence-corrected chi connectivity index (χ3v) is 6.99. The molecule has 0 radical (unpaired) electrons. The van der Waals surface area contributed by atoms with Gasteiger partial charge in [0.25, 0.3) is 5.91 Å². The molecule has 1 heterocycles. The minimum absolute atomic E-state index is 0.179. The van der Waals surface area contributed by atoms with Crippen molar-refractivity contribution in [2.24, 2.45) is 5.10 Å². The van der Waals surface area contributed by atoms with Crippen LogP contribution in [0.2, 0.25) is 0 Å². The van der Waals surface area contributed by atoms with E-state index in [4.69, 9.17) is 23.7 Å². The van der Waals surface area contributed by atoms with E-state index in [-0.39, 0.29) is 24.5 Å². The Bertz CT molecular complexity index is 1610. The Morgan fingerprint density at radius 3 is 2.47 bits per heavy atom. The maximum absolute atomic E-state index is 12.6. The molecule has 12 nitrogen and oxygen atoms in total. The number of esters is 1. The van der Waals surface area contributed by atoms with Gasteiger partial charge in [-0.2, -0.15) is 5.10 Å². The lowest BCUT2D eigenvalue weighted by Gasteiger charge is -2.28. The van der Waals surface area contributed by atoms with Gasteiger partial charge in [0.2, 0.25) is 0 Å². The molecule has 0 saturated heterocycles. The van der Waals surface area contributed by atoms with E-state index in [1.54, 1.807) is 44.2 Å². The van der Waals surface area contributed by atoms with Crippen molar-refractivity contribution in [3.05, 3.63) is 93.1 Å². The zero-order valence-electron chi connectivity index (χ0n) is 25.1. The van der Waals surface area contributed by atoms with Gasteiger partial charge in [-0.05, 0) is 49.2 Å². The molecule has 3 amide bonds. The number of allylic oxidation sites excluding steroid dienone is 1. The standard InChI is InChI=1S/C32H33BrN4O8/c1-5-43-31(39)28-19(2)35-32(40)36-29(28)21-11-12-24(25(14-21)41-3)44-18-27(38)37-34-16-22-13-23(33)15-26(42-4)30(22)45-17-20-9-7-6-8-10-20/h6-16,29H,5,17-18H2,1-4H3,(H,37,38)(H2,35,36,40)/b34-16+/t29-/m1/s1. The first-order valence-corrected chi connectivity index (χ1v) is 14.7. The maximum Gasteiger partial charge on any atom is 0.338 e. The van der Waals surface area contributed by atoms with Crippen molar-refractivity contribution in [3.8, 4) is 23.0 Å². The summed E-state index contributed by atoms with van der Waals surface area (Å²) < 4.78 is 28.6. The molecule has 0 fully saturated rings. The van der Waals surface area contributed by atoms with Crippen LogP contribution in [0.25, 0.3) is 0 Å². The molecule has 0 bridgehead atoms. The summed E-state index contributed by atoms with van der Waals surface area (Å²) >= 11 is 3.46. The van der Waals surface area contributed by atoms with Gasteiger partial charge in [0.1, 0.15) is 6.61 Å². The smallest absolute Gasteiger partial charge is 0.338 e. The van der Waals surface area contributed by atoms with Crippen molar-refractivity contribution in [3.63, 3.8) is 0 Å². The van der Waals surface area contributed by atoms with Gasteiger partial charge < -0.3 is 34.3 Å². The fourth-order valence-corrected chi connectivity index (χ4v) is 4.93. The number of nitrogens with one attached hydrogen (secondary N) is 3. The largest absolute Gasteiger partial charge is 0.493 e. The van der Waals surface area contributed by atoms with Gasteiger partial charge >= 0.3 is 12.0 Å². The number of benzene rings is 3. The SMILES string of the molecule is CCOC(=O)C1=C(C)NC(=O)N[C@@H]1c1ccc(OCC(=O)N/N=C/c2cc(Br)cc(OC)c2OCc2ccccc2)c(OC)c1. The molecular formula is C32H33BrN4O8. The van der Waals surface area contributed by atoms with E-state index in [9.17, 15) is 14.4 Å². The number of halogens is 1. The predicted octanol–water partition coefficient (Wildman–Crippen LogP) is 4.77. The van der Waals surface area contributed by atoms with Crippen molar-refractivity contribution in [2.75, 3.05) is 27.4 Å². The predicted molar refractivity (Wildman–Crippen MR) is 169 cm³/mol. The van der Waals surface area contributed by atoms with Crippen LogP contribution in [-0.2, 0) is 20.9 Å². The van der Waals surface area contributed by atoms with E-state index in [1.165, 1.54) is 20.4 Å². The van der Waals surface area contributed by atoms with E-state index in [1.807, 2.05) is 30.3 Å². The molecule has 0 unspecified atom stereocenters. The molecule has 3 aromatic rings. The maximum atomic E-state index is 12.6. The number of amides is 3. The molecular weight excluding hydrogens is 648 g/mol. The van der Waals surface area contributed by atoms with E-state index in [0.29, 0.717) is 40.7 Å². The van der Waals surface area contributed by atoms with Crippen LogP contribution in [0.3, 0.4) is 0 Å². The molecule has 236 valence electrons. The minimum Gasteiger partial charge on any atom is -0.493 e. The van der Waals surface area contributed by atoms with Gasteiger partial charge in [-0.25, -0.2) is 15.0 Å². The number of rotatable bonds is 13. The number of hydrogen-bond donors (Lipinski definition) is 3. The molecule has 4 rings (SSSR count). The Balaban J connectivity index is 1.43. The first kappa shape index (κ1) is 32.9. The summed E-state index contributed by atoms with van der Waals surface area (Å²) in [5.41, 5.74) is 5.20. The zero-order valence-corrected chi connectivity index (χ0v) is 26.7. The van der Waals surface area contributed by atoms with Gasteiger partial charge in [0.05, 0.1) is 38.7 Å². The first-order valence-electron chi connectivity index (χ1n) is 13.9. The third kappa shape index (κ3) is 8.54. The Kier molecular flexibility index (Phi) is 11.4. The van der Waals surface area contributed by atoms with E-state index < -0.39 is 23.9 Å². The number of ether oxygens (including phenoxy) is 5. The fourth-order valence-electron chi connectivity index (χ4n) is 4.48. The van der Waals surface area contributed by atoms with Crippen LogP contribution < -0.4 is 35.0 Å². The summed E-state index contributed by atoms with van der Waals surface area (Å²) in [6.45, 7) is 3.44. The fraction of sp³-hybridized carbons (Fsp3) is 0.250. The number of nitrogens with zero attached hydrogens (tertiary/aromatic N) is 1. The lowest BCUT2D eigenvalue weighted by molar-refractivity contribution is -0.139. The number of carbonyl (C=O) groups is 3. The van der Waals surface area contributed by atoms with E-state index in [2.05, 4.69) is 37.1 Å². The number of hydrogen-bond acceptors (Lipinski definition) is 9. The lowest BCUT2D eigenvalue weighted by Crippen LogP contribution is -2.45. The minimum atomic E-state index is -0.781. The van der Waals surface area contributed by atoms with Crippen LogP contribution in [-0.4, -0.2) is 51.6 Å². The van der Waals surface area contributed by atoms with Crippen molar-refractivity contribution in [2.45, 2.75) is 26.5 Å². The molecule has 45 heavy (non-hydrogen) atoms. The first-order chi connectivity index (χ1) is 21.7. The van der Waals surface area contributed by atoms with Crippen molar-refractivity contribution < 1.29 is 38.1 Å². The normalized spacial score (nSPS) is 14.3. The molecule has 3 N–H and O–H groups in total. The third-order valence-electron chi connectivity index (χ3n) is 6.53. The van der Waals surface area contributed by atoms with Crippen LogP contribution in [0.1, 0.15) is 36.6 Å². The van der Waals surface area contributed by atoms with Gasteiger partial charge in [0, 0.05) is 15.7 Å². The molecule has 0 aliphatic carbocycles. The second-order valence-electron chi connectivity index (χ2n) is 9.58. The van der Waals surface area contributed by atoms with Gasteiger partial charge in [-0.15, -0.1) is 0 Å². The van der Waals surface area contributed by atoms with Crippen molar-refractivity contribution in [1.29, 1.82) is 0 Å². The quantitative estimate of drug-likeness (QED) is 0.133. The molecule has 3 aromatic carbocycles. The Morgan fingerprint density at radius 2 is 1.76 bits per heavy atom. The Morgan fingerprint density at radius 1 is 1.00 bits per heavy atom. The number of carbonyl (C=O) groups excluding carboxylic acids is 3. The second-order valence-corrected chi connectivity index (χ2v) is 10.5. The zero-order chi connectivity index (χ0) is 32.3. The Hall–Kier alpha value is -5.04. The van der Waals surface area contributed by atoms with E-state index in [0.717, 1.165) is 10.0 Å². The second kappa shape index (κ2) is 15.6. The number of hydrazone groups is 1. The van der Waals surface area contributed by atoms with Crippen LogP contribution in [0.4, 0.5) is 4.79 Å². The average Bonchev–Trinajstić information content (AvgIpc) is 3.03. The van der Waals surface area contributed by atoms with Gasteiger partial charge in [-0.3, -0.25) is 4.79 Å². The van der Waals surface area contributed by atoms with Gasteiger partial charge in [0.15, 0.2) is 29.6 Å². The average molecular weight is 682 g/mol. The summed E-state index contributed by atoms with van der Waals surface area (Å²) in [6, 6.07) is 16.9. The molecule has 1 atom stereocenters. The highest BCUT2D eigenvalue weighted by Crippen LogP contribution is 2.36. The van der Waals surface area contributed by atoms with E-state index >= 15 is 0 Å². The summed E-state index contributed by atoms with van der Waals surface area (Å²) in [5, 5.41) is 9.40. The van der Waals surface area contributed by atoms with Gasteiger partial charge in [-0.1, -0.05) is 52.3 Å². The van der Waals surface area contributed by atoms with Crippen molar-refractivity contribution in [1.82, 2.24) is 16.1 Å². The molecule has 0 spiro atoms. The van der Waals surface area contributed by atoms with Crippen LogP contribution in [0.15, 0.2) is 81.5 Å².